The number of benzene rings is 2. The topological polar surface area (TPSA) is 105 Å². The SMILES string of the molecule is COC(=O)c1ccc(NC(=O)C[C@H]2C(=O)N(c3cccc(OC)c3)C(=O)N2Cc2cccs2)cc1. The van der Waals surface area contributed by atoms with Crippen LogP contribution in [0.25, 0.3) is 0 Å². The molecule has 0 saturated carbocycles. The summed E-state index contributed by atoms with van der Waals surface area (Å²) in [4.78, 5) is 54.6. The first-order valence-electron chi connectivity index (χ1n) is 10.7. The van der Waals surface area contributed by atoms with Gasteiger partial charge in [-0.3, -0.25) is 9.59 Å². The normalized spacial score (nSPS) is 15.3. The Hall–Kier alpha value is -4.18. The molecule has 1 aliphatic heterocycles. The maximum atomic E-state index is 13.4. The van der Waals surface area contributed by atoms with Gasteiger partial charge >= 0.3 is 12.0 Å². The number of hydrogen-bond donors (Lipinski definition) is 1. The molecule has 2 aromatic carbocycles. The van der Waals surface area contributed by atoms with Crippen LogP contribution < -0.4 is 15.0 Å². The quantitative estimate of drug-likeness (QED) is 0.377. The molecule has 1 atom stereocenters. The van der Waals surface area contributed by atoms with E-state index in [4.69, 9.17) is 4.74 Å². The average Bonchev–Trinajstić information content (AvgIpc) is 3.46. The van der Waals surface area contributed by atoms with E-state index in [2.05, 4.69) is 10.1 Å². The van der Waals surface area contributed by atoms with Crippen LogP contribution in [0.1, 0.15) is 21.7 Å². The van der Waals surface area contributed by atoms with Crippen LogP contribution in [-0.4, -0.2) is 49.0 Å². The van der Waals surface area contributed by atoms with Crippen molar-refractivity contribution in [3.63, 3.8) is 0 Å². The highest BCUT2D eigenvalue weighted by Gasteiger charge is 2.46. The molecule has 0 unspecified atom stereocenters. The van der Waals surface area contributed by atoms with E-state index in [-0.39, 0.29) is 13.0 Å². The molecule has 1 aliphatic rings. The Morgan fingerprint density at radius 1 is 1.03 bits per heavy atom. The van der Waals surface area contributed by atoms with Crippen LogP contribution in [0.15, 0.2) is 66.0 Å². The van der Waals surface area contributed by atoms with Gasteiger partial charge in [0.15, 0.2) is 0 Å². The van der Waals surface area contributed by atoms with Crippen molar-refractivity contribution in [2.45, 2.75) is 19.0 Å². The molecule has 1 N–H and O–H groups in total. The van der Waals surface area contributed by atoms with Crippen molar-refractivity contribution in [3.05, 3.63) is 76.5 Å². The third kappa shape index (κ3) is 5.17. The summed E-state index contributed by atoms with van der Waals surface area (Å²) in [5, 5.41) is 4.61. The molecule has 35 heavy (non-hydrogen) atoms. The molecule has 4 amide bonds. The van der Waals surface area contributed by atoms with Crippen molar-refractivity contribution in [2.24, 2.45) is 0 Å². The van der Waals surface area contributed by atoms with Gasteiger partial charge in [0, 0.05) is 16.6 Å². The summed E-state index contributed by atoms with van der Waals surface area (Å²) in [6.45, 7) is 0.203. The summed E-state index contributed by atoms with van der Waals surface area (Å²) in [7, 11) is 2.79. The van der Waals surface area contributed by atoms with Crippen LogP contribution in [0.2, 0.25) is 0 Å². The molecule has 1 fully saturated rings. The second-order valence-electron chi connectivity index (χ2n) is 7.70. The molecule has 0 radical (unpaired) electrons. The Morgan fingerprint density at radius 2 is 1.80 bits per heavy atom. The van der Waals surface area contributed by atoms with E-state index in [1.165, 1.54) is 42.6 Å². The summed E-state index contributed by atoms with van der Waals surface area (Å²) in [5.74, 6) is -0.911. The summed E-state index contributed by atoms with van der Waals surface area (Å²) in [5.41, 5.74) is 1.17. The third-order valence-electron chi connectivity index (χ3n) is 5.50. The lowest BCUT2D eigenvalue weighted by Gasteiger charge is -2.21. The van der Waals surface area contributed by atoms with Gasteiger partial charge in [-0.1, -0.05) is 12.1 Å². The fourth-order valence-electron chi connectivity index (χ4n) is 3.77. The molecule has 1 saturated heterocycles. The summed E-state index contributed by atoms with van der Waals surface area (Å²) < 4.78 is 9.90. The van der Waals surface area contributed by atoms with E-state index in [9.17, 15) is 19.2 Å². The Labute approximate surface area is 205 Å². The second-order valence-corrected chi connectivity index (χ2v) is 8.73. The molecule has 4 rings (SSSR count). The second kappa shape index (κ2) is 10.4. The summed E-state index contributed by atoms with van der Waals surface area (Å²) >= 11 is 1.46. The highest BCUT2D eigenvalue weighted by molar-refractivity contribution is 7.09. The Bertz CT molecular complexity index is 1240. The molecule has 9 nitrogen and oxygen atoms in total. The highest BCUT2D eigenvalue weighted by Crippen LogP contribution is 2.31. The maximum absolute atomic E-state index is 13.4. The zero-order chi connectivity index (χ0) is 24.9. The molecule has 10 heteroatoms. The van der Waals surface area contributed by atoms with E-state index in [0.717, 1.165) is 9.78 Å². The lowest BCUT2D eigenvalue weighted by Crippen LogP contribution is -2.37. The van der Waals surface area contributed by atoms with Gasteiger partial charge in [0.1, 0.15) is 11.8 Å². The number of thiophene rings is 1. The number of rotatable bonds is 8. The molecule has 0 aliphatic carbocycles. The van der Waals surface area contributed by atoms with E-state index in [1.54, 1.807) is 36.4 Å². The number of imide groups is 1. The number of carbonyl (C=O) groups excluding carboxylic acids is 4. The minimum atomic E-state index is -0.981. The van der Waals surface area contributed by atoms with Gasteiger partial charge in [0.25, 0.3) is 5.91 Å². The van der Waals surface area contributed by atoms with E-state index in [1.807, 2.05) is 17.5 Å². The van der Waals surface area contributed by atoms with Crippen LogP contribution in [0.5, 0.6) is 5.75 Å². The van der Waals surface area contributed by atoms with E-state index in [0.29, 0.717) is 22.7 Å². The Morgan fingerprint density at radius 3 is 2.46 bits per heavy atom. The van der Waals surface area contributed by atoms with Crippen molar-refractivity contribution >= 4 is 46.5 Å². The van der Waals surface area contributed by atoms with Crippen LogP contribution in [0.3, 0.4) is 0 Å². The predicted octanol–water partition coefficient (Wildman–Crippen LogP) is 3.91. The number of esters is 1. The summed E-state index contributed by atoms with van der Waals surface area (Å²) in [6, 6.07) is 15.1. The van der Waals surface area contributed by atoms with Crippen LogP contribution in [0.4, 0.5) is 16.2 Å². The number of anilines is 2. The Balaban J connectivity index is 1.55. The van der Waals surface area contributed by atoms with Crippen LogP contribution >= 0.6 is 11.3 Å². The smallest absolute Gasteiger partial charge is 0.337 e. The fraction of sp³-hybridized carbons (Fsp3) is 0.200. The number of nitrogens with one attached hydrogen (secondary N) is 1. The first-order valence-corrected chi connectivity index (χ1v) is 11.6. The largest absolute Gasteiger partial charge is 0.497 e. The number of hydrogen-bond acceptors (Lipinski definition) is 7. The van der Waals surface area contributed by atoms with Crippen LogP contribution in [-0.2, 0) is 20.9 Å². The highest BCUT2D eigenvalue weighted by atomic mass is 32.1. The maximum Gasteiger partial charge on any atom is 0.337 e. The van der Waals surface area contributed by atoms with Gasteiger partial charge in [-0.15, -0.1) is 11.3 Å². The molecule has 180 valence electrons. The number of nitrogens with zero attached hydrogens (tertiary/aromatic N) is 2. The Kier molecular flexibility index (Phi) is 7.11. The van der Waals surface area contributed by atoms with Gasteiger partial charge in [-0.25, -0.2) is 14.5 Å². The van der Waals surface area contributed by atoms with Crippen molar-refractivity contribution in [2.75, 3.05) is 24.4 Å². The standard InChI is InChI=1S/C25H23N3O6S/c1-33-19-6-3-5-18(13-19)28-23(30)21(27(25(28)32)15-20-7-4-12-35-20)14-22(29)26-17-10-8-16(9-11-17)24(31)34-2/h3-13,21H,14-15H2,1-2H3,(H,26,29)/t21-/m0/s1. The van der Waals surface area contributed by atoms with Crippen molar-refractivity contribution in [1.29, 1.82) is 0 Å². The number of methoxy groups -OCH3 is 2. The average molecular weight is 494 g/mol. The van der Waals surface area contributed by atoms with E-state index < -0.39 is 29.9 Å². The molecule has 1 aromatic heterocycles. The van der Waals surface area contributed by atoms with Gasteiger partial charge in [0.2, 0.25) is 5.91 Å². The third-order valence-corrected chi connectivity index (χ3v) is 6.37. The lowest BCUT2D eigenvalue weighted by atomic mass is 10.1. The zero-order valence-electron chi connectivity index (χ0n) is 19.1. The zero-order valence-corrected chi connectivity index (χ0v) is 19.9. The molecule has 0 spiro atoms. The first-order chi connectivity index (χ1) is 16.9. The summed E-state index contributed by atoms with van der Waals surface area (Å²) in [6.07, 6.45) is -0.227. The first kappa shape index (κ1) is 24.0. The minimum absolute atomic E-state index is 0.203. The van der Waals surface area contributed by atoms with E-state index >= 15 is 0 Å². The number of urea groups is 1. The molecular formula is C25H23N3O6S. The van der Waals surface area contributed by atoms with Crippen molar-refractivity contribution in [1.82, 2.24) is 4.90 Å². The molecule has 2 heterocycles. The van der Waals surface area contributed by atoms with Gasteiger partial charge in [-0.05, 0) is 47.8 Å². The molecule has 0 bridgehead atoms. The van der Waals surface area contributed by atoms with Gasteiger partial charge < -0.3 is 19.7 Å². The predicted molar refractivity (Wildman–Crippen MR) is 131 cm³/mol. The van der Waals surface area contributed by atoms with Gasteiger partial charge in [-0.2, -0.15) is 0 Å². The van der Waals surface area contributed by atoms with Crippen molar-refractivity contribution in [3.8, 4) is 5.75 Å². The van der Waals surface area contributed by atoms with Crippen LogP contribution in [0, 0.1) is 0 Å². The van der Waals surface area contributed by atoms with Gasteiger partial charge in [0.05, 0.1) is 38.4 Å². The fourth-order valence-corrected chi connectivity index (χ4v) is 4.47. The van der Waals surface area contributed by atoms with Crippen molar-refractivity contribution < 1.29 is 28.7 Å². The number of amides is 4. The number of ether oxygens (including phenoxy) is 2. The molecule has 3 aromatic rings. The molecular weight excluding hydrogens is 470 g/mol. The lowest BCUT2D eigenvalue weighted by molar-refractivity contribution is -0.124. The minimum Gasteiger partial charge on any atom is -0.497 e. The number of carbonyl (C=O) groups is 4. The monoisotopic (exact) mass is 493 g/mol.